The minimum absolute atomic E-state index is 0.218. The molecule has 0 aromatic heterocycles. The number of aryl methyl sites for hydroxylation is 1. The van der Waals surface area contributed by atoms with Gasteiger partial charge in [-0.15, -0.1) is 0 Å². The molecule has 0 aliphatic heterocycles. The number of hydrogen-bond acceptors (Lipinski definition) is 4. The van der Waals surface area contributed by atoms with Gasteiger partial charge in [-0.25, -0.2) is 12.8 Å². The second kappa shape index (κ2) is 12.9. The number of amides is 2. The van der Waals surface area contributed by atoms with E-state index < -0.39 is 68.2 Å². The molecule has 43 heavy (non-hydrogen) atoms. The fourth-order valence-electron chi connectivity index (χ4n) is 4.10. The van der Waals surface area contributed by atoms with Gasteiger partial charge in [0.2, 0.25) is 11.8 Å². The molecule has 0 unspecified atom stereocenters. The first-order valence-electron chi connectivity index (χ1n) is 13.1. The Hall–Kier alpha value is -3.64. The zero-order valence-corrected chi connectivity index (χ0v) is 25.7. The Morgan fingerprint density at radius 1 is 0.953 bits per heavy atom. The Kier molecular flexibility index (Phi) is 10.2. The van der Waals surface area contributed by atoms with E-state index in [0.717, 1.165) is 22.6 Å². The number of carbonyl (C=O) groups is 2. The maximum Gasteiger partial charge on any atom is 0.417 e. The van der Waals surface area contributed by atoms with Gasteiger partial charge in [0.1, 0.15) is 18.4 Å². The monoisotopic (exact) mass is 641 g/mol. The lowest BCUT2D eigenvalue weighted by Crippen LogP contribution is -2.54. The third-order valence-corrected chi connectivity index (χ3v) is 8.48. The van der Waals surface area contributed by atoms with Crippen LogP contribution < -0.4 is 9.62 Å². The van der Waals surface area contributed by atoms with Crippen molar-refractivity contribution in [3.8, 4) is 0 Å². The predicted octanol–water partition coefficient (Wildman–Crippen LogP) is 6.33. The van der Waals surface area contributed by atoms with Crippen molar-refractivity contribution in [3.63, 3.8) is 0 Å². The second-order valence-corrected chi connectivity index (χ2v) is 13.3. The smallest absolute Gasteiger partial charge is 0.350 e. The normalized spacial score (nSPS) is 12.9. The van der Waals surface area contributed by atoms with Crippen molar-refractivity contribution in [1.29, 1.82) is 0 Å². The lowest BCUT2D eigenvalue weighted by Gasteiger charge is -2.33. The summed E-state index contributed by atoms with van der Waals surface area (Å²) in [7, 11) is -4.60. The highest BCUT2D eigenvalue weighted by atomic mass is 35.5. The van der Waals surface area contributed by atoms with Crippen LogP contribution in [-0.2, 0) is 32.3 Å². The van der Waals surface area contributed by atoms with E-state index in [4.69, 9.17) is 11.6 Å². The molecule has 13 heteroatoms. The van der Waals surface area contributed by atoms with Crippen molar-refractivity contribution >= 4 is 39.1 Å². The SMILES string of the molecule is Cc1ccc(S(=O)(=O)N(CC(=O)N(Cc2ccc(F)cc2)[C@@H](C)C(=O)NC(C)(C)C)c2ccc(Cl)c(C(F)(F)F)c2)cc1. The van der Waals surface area contributed by atoms with Gasteiger partial charge in [0.15, 0.2) is 0 Å². The quantitative estimate of drug-likeness (QED) is 0.277. The molecule has 0 spiro atoms. The molecule has 0 radical (unpaired) electrons. The molecular formula is C30H32ClF4N3O4S. The van der Waals surface area contributed by atoms with Gasteiger partial charge in [-0.1, -0.05) is 41.4 Å². The van der Waals surface area contributed by atoms with Crippen LogP contribution in [0.1, 0.15) is 44.4 Å². The number of sulfonamides is 1. The van der Waals surface area contributed by atoms with E-state index in [1.165, 1.54) is 55.5 Å². The Bertz CT molecular complexity index is 1570. The highest BCUT2D eigenvalue weighted by Crippen LogP contribution is 2.38. The first-order valence-corrected chi connectivity index (χ1v) is 14.9. The molecule has 2 amide bonds. The molecule has 0 saturated carbocycles. The van der Waals surface area contributed by atoms with Crippen LogP contribution in [0.3, 0.4) is 0 Å². The summed E-state index contributed by atoms with van der Waals surface area (Å²) < 4.78 is 83.1. The lowest BCUT2D eigenvalue weighted by atomic mass is 10.1. The summed E-state index contributed by atoms with van der Waals surface area (Å²) in [6.07, 6.45) is -4.91. The molecule has 7 nitrogen and oxygen atoms in total. The number of carbonyl (C=O) groups excluding carboxylic acids is 2. The first-order chi connectivity index (χ1) is 19.8. The zero-order chi connectivity index (χ0) is 32.3. The molecule has 3 aromatic carbocycles. The molecule has 3 rings (SSSR count). The second-order valence-electron chi connectivity index (χ2n) is 11.0. The van der Waals surface area contributed by atoms with Gasteiger partial charge in [-0.3, -0.25) is 13.9 Å². The summed E-state index contributed by atoms with van der Waals surface area (Å²) in [5, 5.41) is 2.11. The van der Waals surface area contributed by atoms with Crippen molar-refractivity contribution in [1.82, 2.24) is 10.2 Å². The molecule has 0 aliphatic rings. The molecule has 232 valence electrons. The van der Waals surface area contributed by atoms with E-state index in [0.29, 0.717) is 15.9 Å². The van der Waals surface area contributed by atoms with Gasteiger partial charge in [-0.2, -0.15) is 13.2 Å². The highest BCUT2D eigenvalue weighted by molar-refractivity contribution is 7.92. The number of alkyl halides is 3. The lowest BCUT2D eigenvalue weighted by molar-refractivity contribution is -0.140. The molecule has 3 aromatic rings. The molecule has 0 heterocycles. The van der Waals surface area contributed by atoms with E-state index in [9.17, 15) is 35.6 Å². The van der Waals surface area contributed by atoms with Crippen molar-refractivity contribution in [2.75, 3.05) is 10.8 Å². The fourth-order valence-corrected chi connectivity index (χ4v) is 5.73. The van der Waals surface area contributed by atoms with E-state index >= 15 is 0 Å². The average Bonchev–Trinajstić information content (AvgIpc) is 2.90. The van der Waals surface area contributed by atoms with Gasteiger partial charge in [0.05, 0.1) is 21.2 Å². The van der Waals surface area contributed by atoms with E-state index in [-0.39, 0.29) is 11.4 Å². The number of anilines is 1. The van der Waals surface area contributed by atoms with Gasteiger partial charge in [-0.05, 0) is 82.6 Å². The number of nitrogens with one attached hydrogen (secondary N) is 1. The zero-order valence-electron chi connectivity index (χ0n) is 24.2. The summed E-state index contributed by atoms with van der Waals surface area (Å²) in [5.74, 6) is -1.97. The van der Waals surface area contributed by atoms with Crippen LogP contribution in [0.25, 0.3) is 0 Å². The standard InChI is InChI=1S/C30H32ClF4N3O4S/c1-19-6-13-24(14-7-19)43(41,42)38(23-12-15-26(31)25(16-23)30(33,34)35)18-27(39)37(17-21-8-10-22(32)11-9-21)20(2)28(40)36-29(3,4)5/h6-16,20H,17-18H2,1-5H3,(H,36,40)/t20-/m0/s1. The van der Waals surface area contributed by atoms with E-state index in [2.05, 4.69) is 5.32 Å². The van der Waals surface area contributed by atoms with Crippen molar-refractivity contribution in [2.24, 2.45) is 0 Å². The van der Waals surface area contributed by atoms with Crippen LogP contribution in [0.5, 0.6) is 0 Å². The number of hydrogen-bond donors (Lipinski definition) is 1. The Balaban J connectivity index is 2.13. The largest absolute Gasteiger partial charge is 0.417 e. The molecule has 0 fully saturated rings. The number of nitrogens with zero attached hydrogens (tertiary/aromatic N) is 2. The third-order valence-electron chi connectivity index (χ3n) is 6.36. The van der Waals surface area contributed by atoms with Crippen molar-refractivity contribution in [2.45, 2.75) is 63.8 Å². The Morgan fingerprint density at radius 2 is 1.53 bits per heavy atom. The number of rotatable bonds is 9. The van der Waals surface area contributed by atoms with Gasteiger partial charge >= 0.3 is 6.18 Å². The minimum atomic E-state index is -4.91. The number of benzene rings is 3. The van der Waals surface area contributed by atoms with Crippen LogP contribution in [0.2, 0.25) is 5.02 Å². The average molecular weight is 642 g/mol. The molecular weight excluding hydrogens is 610 g/mol. The maximum atomic E-state index is 13.9. The maximum absolute atomic E-state index is 13.9. The topological polar surface area (TPSA) is 86.8 Å². The van der Waals surface area contributed by atoms with Crippen molar-refractivity contribution < 1.29 is 35.6 Å². The molecule has 0 bridgehead atoms. The van der Waals surface area contributed by atoms with Gasteiger partial charge in [0.25, 0.3) is 10.0 Å². The highest BCUT2D eigenvalue weighted by Gasteiger charge is 2.37. The molecule has 0 saturated heterocycles. The van der Waals surface area contributed by atoms with E-state index in [1.807, 2.05) is 0 Å². The van der Waals surface area contributed by atoms with Gasteiger partial charge in [0, 0.05) is 12.1 Å². The summed E-state index contributed by atoms with van der Waals surface area (Å²) >= 11 is 5.79. The van der Waals surface area contributed by atoms with Crippen LogP contribution in [0.15, 0.2) is 71.6 Å². The summed E-state index contributed by atoms with van der Waals surface area (Å²) in [6, 6.07) is 12.1. The minimum Gasteiger partial charge on any atom is -0.350 e. The van der Waals surface area contributed by atoms with Crippen LogP contribution in [0.4, 0.5) is 23.2 Å². The number of halogens is 5. The van der Waals surface area contributed by atoms with Crippen LogP contribution in [-0.4, -0.2) is 43.3 Å². The predicted molar refractivity (Wildman–Crippen MR) is 156 cm³/mol. The third kappa shape index (κ3) is 8.70. The molecule has 1 atom stereocenters. The fraction of sp³-hybridized carbons (Fsp3) is 0.333. The molecule has 1 N–H and O–H groups in total. The first kappa shape index (κ1) is 33.9. The van der Waals surface area contributed by atoms with E-state index in [1.54, 1.807) is 27.7 Å². The Labute approximate surface area is 253 Å². The van der Waals surface area contributed by atoms with Crippen LogP contribution in [0, 0.1) is 12.7 Å². The van der Waals surface area contributed by atoms with Gasteiger partial charge < -0.3 is 10.2 Å². The summed E-state index contributed by atoms with van der Waals surface area (Å²) in [4.78, 5) is 27.8. The van der Waals surface area contributed by atoms with Crippen molar-refractivity contribution in [3.05, 3.63) is 94.3 Å². The molecule has 0 aliphatic carbocycles. The summed E-state index contributed by atoms with van der Waals surface area (Å²) in [5.41, 5.74) is -1.25. The Morgan fingerprint density at radius 3 is 2.07 bits per heavy atom. The summed E-state index contributed by atoms with van der Waals surface area (Å²) in [6.45, 7) is 7.19. The van der Waals surface area contributed by atoms with Crippen LogP contribution >= 0.6 is 11.6 Å².